The van der Waals surface area contributed by atoms with Crippen molar-refractivity contribution >= 4 is 21.7 Å². The van der Waals surface area contributed by atoms with E-state index in [0.717, 1.165) is 43.2 Å². The van der Waals surface area contributed by atoms with Crippen LogP contribution in [0, 0.1) is 41.4 Å². The van der Waals surface area contributed by atoms with Gasteiger partial charge in [0.25, 0.3) is 10.1 Å². The average molecular weight is 471 g/mol. The van der Waals surface area contributed by atoms with Crippen molar-refractivity contribution in [3.63, 3.8) is 0 Å². The van der Waals surface area contributed by atoms with E-state index in [1.54, 1.807) is 30.3 Å². The predicted octanol–water partition coefficient (Wildman–Crippen LogP) is 5.03. The first-order chi connectivity index (χ1) is 15.5. The number of ketones is 2. The van der Waals surface area contributed by atoms with Gasteiger partial charge < -0.3 is 0 Å². The number of rotatable bonds is 4. The van der Waals surface area contributed by atoms with Crippen molar-refractivity contribution in [3.8, 4) is 0 Å². The zero-order chi connectivity index (χ0) is 23.6. The van der Waals surface area contributed by atoms with Crippen LogP contribution in [0.1, 0.15) is 64.4 Å². The van der Waals surface area contributed by atoms with Gasteiger partial charge in [-0.05, 0) is 80.4 Å². The highest BCUT2D eigenvalue weighted by Crippen LogP contribution is 2.65. The molecule has 0 saturated heterocycles. The predicted molar refractivity (Wildman–Crippen MR) is 125 cm³/mol. The molecule has 33 heavy (non-hydrogen) atoms. The topological polar surface area (TPSA) is 77.5 Å². The van der Waals surface area contributed by atoms with Gasteiger partial charge in [-0.15, -0.1) is 0 Å². The average Bonchev–Trinajstić information content (AvgIpc) is 3.08. The van der Waals surface area contributed by atoms with Crippen LogP contribution in [-0.2, 0) is 23.9 Å². The normalized spacial score (nSPS) is 38.3. The maximum absolute atomic E-state index is 12.9. The molecule has 0 heterocycles. The molecule has 5 nitrogen and oxygen atoms in total. The van der Waals surface area contributed by atoms with Gasteiger partial charge in [-0.2, -0.15) is 8.42 Å². The van der Waals surface area contributed by atoms with Gasteiger partial charge in [0.2, 0.25) is 0 Å². The second-order valence-corrected chi connectivity index (χ2v) is 12.9. The van der Waals surface area contributed by atoms with Crippen LogP contribution in [0.3, 0.4) is 0 Å². The Morgan fingerprint density at radius 2 is 1.67 bits per heavy atom. The first kappa shape index (κ1) is 23.0. The lowest BCUT2D eigenvalue weighted by Gasteiger charge is -2.58. The molecule has 0 bridgehead atoms. The summed E-state index contributed by atoms with van der Waals surface area (Å²) in [5.41, 5.74) is 1.68. The molecule has 0 N–H and O–H groups in total. The third-order valence-corrected chi connectivity index (χ3v) is 10.9. The molecule has 6 atom stereocenters. The summed E-state index contributed by atoms with van der Waals surface area (Å²) in [5.74, 6) is 1.54. The molecule has 3 saturated carbocycles. The van der Waals surface area contributed by atoms with E-state index in [2.05, 4.69) is 13.8 Å². The summed E-state index contributed by atoms with van der Waals surface area (Å²) in [5, 5.41) is 0. The number of carbonyl (C=O) groups is 2. The van der Waals surface area contributed by atoms with Crippen LogP contribution < -0.4 is 0 Å². The third-order valence-electron chi connectivity index (χ3n) is 9.56. The molecule has 3 fully saturated rings. The standard InChI is InChI=1S/C27H34O5S/c1-17-4-6-20(7-5-17)33(30,31)32-16-18-14-21-22-8-9-25(29)27(22,3)13-11-23(21)26(2)12-10-19(28)15-24(18)26/h4-7,15,18,21-23H,8-14,16H2,1-3H3/t18?,21-,22-,23-,26+,27-/m0/s1. The monoisotopic (exact) mass is 470 g/mol. The van der Waals surface area contributed by atoms with Crippen LogP contribution in [0.25, 0.3) is 0 Å². The lowest BCUT2D eigenvalue weighted by atomic mass is 9.45. The summed E-state index contributed by atoms with van der Waals surface area (Å²) in [4.78, 5) is 25.3. The second-order valence-electron chi connectivity index (χ2n) is 11.3. The number of carbonyl (C=O) groups excluding carboxylic acids is 2. The molecule has 1 aromatic rings. The van der Waals surface area contributed by atoms with Crippen LogP contribution in [0.2, 0.25) is 0 Å². The van der Waals surface area contributed by atoms with Crippen LogP contribution in [-0.4, -0.2) is 26.6 Å². The Kier molecular flexibility index (Phi) is 5.48. The fourth-order valence-electron chi connectivity index (χ4n) is 7.66. The zero-order valence-electron chi connectivity index (χ0n) is 19.8. The Morgan fingerprint density at radius 1 is 0.970 bits per heavy atom. The zero-order valence-corrected chi connectivity index (χ0v) is 20.6. The van der Waals surface area contributed by atoms with Crippen molar-refractivity contribution in [1.82, 2.24) is 0 Å². The Labute approximate surface area is 197 Å². The van der Waals surface area contributed by atoms with E-state index >= 15 is 0 Å². The molecular weight excluding hydrogens is 436 g/mol. The summed E-state index contributed by atoms with van der Waals surface area (Å²) in [7, 11) is -3.88. The van der Waals surface area contributed by atoms with Gasteiger partial charge >= 0.3 is 0 Å². The van der Waals surface area contributed by atoms with E-state index in [0.29, 0.717) is 36.4 Å². The van der Waals surface area contributed by atoms with Gasteiger partial charge in [0.15, 0.2) is 5.78 Å². The number of Topliss-reactive ketones (excluding diaryl/α,β-unsaturated/α-hetero) is 1. The first-order valence-electron chi connectivity index (χ1n) is 12.3. The van der Waals surface area contributed by atoms with Crippen LogP contribution in [0.4, 0.5) is 0 Å². The van der Waals surface area contributed by atoms with Gasteiger partial charge in [-0.3, -0.25) is 13.8 Å². The minimum Gasteiger partial charge on any atom is -0.299 e. The molecule has 5 rings (SSSR count). The molecule has 0 spiro atoms. The lowest BCUT2D eigenvalue weighted by Crippen LogP contribution is -2.53. The minimum atomic E-state index is -3.88. The quantitative estimate of drug-likeness (QED) is 0.577. The van der Waals surface area contributed by atoms with E-state index in [1.807, 2.05) is 6.92 Å². The maximum Gasteiger partial charge on any atom is 0.296 e. The lowest BCUT2D eigenvalue weighted by molar-refractivity contribution is -0.133. The van der Waals surface area contributed by atoms with Crippen LogP contribution in [0.5, 0.6) is 0 Å². The highest BCUT2D eigenvalue weighted by atomic mass is 32.2. The van der Waals surface area contributed by atoms with Gasteiger partial charge in [0.05, 0.1) is 11.5 Å². The highest BCUT2D eigenvalue weighted by Gasteiger charge is 2.60. The van der Waals surface area contributed by atoms with Crippen LogP contribution >= 0.6 is 0 Å². The molecular formula is C27H34O5S. The smallest absolute Gasteiger partial charge is 0.296 e. The molecule has 178 valence electrons. The van der Waals surface area contributed by atoms with Crippen LogP contribution in [0.15, 0.2) is 40.8 Å². The van der Waals surface area contributed by atoms with E-state index in [1.165, 1.54) is 0 Å². The fraction of sp³-hybridized carbons (Fsp3) is 0.630. The third kappa shape index (κ3) is 3.65. The molecule has 4 aliphatic rings. The Bertz CT molecular complexity index is 1120. The van der Waals surface area contributed by atoms with Crippen molar-refractivity contribution in [2.24, 2.45) is 34.5 Å². The maximum atomic E-state index is 12.9. The van der Waals surface area contributed by atoms with Gasteiger partial charge in [0.1, 0.15) is 5.78 Å². The minimum absolute atomic E-state index is 0.0471. The number of fused-ring (bicyclic) bond motifs is 5. The van der Waals surface area contributed by atoms with Crippen molar-refractivity contribution in [2.75, 3.05) is 6.61 Å². The summed E-state index contributed by atoms with van der Waals surface area (Å²) < 4.78 is 31.4. The summed E-state index contributed by atoms with van der Waals surface area (Å²) in [6.07, 6.45) is 7.44. The SMILES string of the molecule is Cc1ccc(S(=O)(=O)OCC2C[C@@H]3[C@H](CC[C@]4(C)C(=O)CC[C@@H]34)[C@@]3(C)CCC(=O)C=C23)cc1. The molecule has 4 aliphatic carbocycles. The summed E-state index contributed by atoms with van der Waals surface area (Å²) >= 11 is 0. The van der Waals surface area contributed by atoms with Crippen molar-refractivity contribution < 1.29 is 22.2 Å². The number of hydrogen-bond donors (Lipinski definition) is 0. The molecule has 0 radical (unpaired) electrons. The molecule has 0 amide bonds. The van der Waals surface area contributed by atoms with Crippen molar-refractivity contribution in [3.05, 3.63) is 41.5 Å². The number of hydrogen-bond acceptors (Lipinski definition) is 5. The Balaban J connectivity index is 1.45. The van der Waals surface area contributed by atoms with Gasteiger partial charge in [0, 0.05) is 24.2 Å². The number of benzene rings is 1. The largest absolute Gasteiger partial charge is 0.299 e. The molecule has 0 aliphatic heterocycles. The van der Waals surface area contributed by atoms with E-state index in [-0.39, 0.29) is 34.0 Å². The Morgan fingerprint density at radius 3 is 2.39 bits per heavy atom. The van der Waals surface area contributed by atoms with E-state index < -0.39 is 10.1 Å². The van der Waals surface area contributed by atoms with E-state index in [4.69, 9.17) is 4.18 Å². The Hall–Kier alpha value is -1.79. The molecule has 1 unspecified atom stereocenters. The van der Waals surface area contributed by atoms with Gasteiger partial charge in [-0.1, -0.05) is 37.1 Å². The molecule has 0 aromatic heterocycles. The fourth-order valence-corrected chi connectivity index (χ4v) is 8.61. The molecule has 6 heteroatoms. The second kappa shape index (κ2) is 7.88. The summed E-state index contributed by atoms with van der Waals surface area (Å²) in [6, 6.07) is 6.68. The van der Waals surface area contributed by atoms with Crippen molar-refractivity contribution in [1.29, 1.82) is 0 Å². The van der Waals surface area contributed by atoms with Crippen molar-refractivity contribution in [2.45, 2.75) is 70.6 Å². The first-order valence-corrected chi connectivity index (χ1v) is 13.7. The molecule has 1 aromatic carbocycles. The number of aryl methyl sites for hydroxylation is 1. The van der Waals surface area contributed by atoms with E-state index in [9.17, 15) is 18.0 Å². The van der Waals surface area contributed by atoms with Gasteiger partial charge in [-0.25, -0.2) is 0 Å². The summed E-state index contributed by atoms with van der Waals surface area (Å²) in [6.45, 7) is 6.37. The highest BCUT2D eigenvalue weighted by molar-refractivity contribution is 7.86.